The lowest BCUT2D eigenvalue weighted by Crippen LogP contribution is -2.26. The molecule has 0 bridgehead atoms. The van der Waals surface area contributed by atoms with Gasteiger partial charge in [-0.15, -0.1) is 0 Å². The zero-order chi connectivity index (χ0) is 12.5. The van der Waals surface area contributed by atoms with Crippen molar-refractivity contribution in [2.24, 2.45) is 0 Å². The first-order chi connectivity index (χ1) is 8.22. The maximum atomic E-state index is 11.4. The van der Waals surface area contributed by atoms with E-state index in [1.807, 2.05) is 24.3 Å². The maximum absolute atomic E-state index is 11.4. The molecule has 0 aliphatic rings. The van der Waals surface area contributed by atoms with Crippen molar-refractivity contribution in [3.63, 3.8) is 0 Å². The molecule has 3 N–H and O–H groups in total. The third-order valence-corrected chi connectivity index (χ3v) is 2.48. The molecule has 0 unspecified atom stereocenters. The molecule has 1 amide bonds. The molecule has 0 saturated heterocycles. The van der Waals surface area contributed by atoms with E-state index in [0.717, 1.165) is 18.5 Å². The molecule has 0 saturated carbocycles. The molecule has 1 aromatic rings. The second-order valence-corrected chi connectivity index (χ2v) is 3.94. The molecular formula is C13H20N2O2. The van der Waals surface area contributed by atoms with Crippen molar-refractivity contribution >= 4 is 11.6 Å². The Hall–Kier alpha value is -1.55. The quantitative estimate of drug-likeness (QED) is 0.555. The Kier molecular flexibility index (Phi) is 6.10. The number of nitrogen functional groups attached to an aromatic ring is 1. The van der Waals surface area contributed by atoms with Crippen molar-refractivity contribution in [2.75, 3.05) is 26.0 Å². The molecule has 4 nitrogen and oxygen atoms in total. The van der Waals surface area contributed by atoms with Gasteiger partial charge in [-0.05, 0) is 30.5 Å². The molecule has 0 aliphatic heterocycles. The molecule has 0 atom stereocenters. The summed E-state index contributed by atoms with van der Waals surface area (Å²) in [6, 6.07) is 7.76. The number of nitrogens with two attached hydrogens (primary N) is 1. The van der Waals surface area contributed by atoms with Crippen LogP contribution >= 0.6 is 0 Å². The van der Waals surface area contributed by atoms with Crippen molar-refractivity contribution in [1.29, 1.82) is 0 Å². The van der Waals surface area contributed by atoms with Crippen molar-refractivity contribution in [3.05, 3.63) is 29.8 Å². The van der Waals surface area contributed by atoms with E-state index in [-0.39, 0.29) is 5.91 Å². The summed E-state index contributed by atoms with van der Waals surface area (Å²) in [5.74, 6) is 0.0810. The zero-order valence-electron chi connectivity index (χ0n) is 10.2. The number of methoxy groups -OCH3 is 1. The van der Waals surface area contributed by atoms with Crippen LogP contribution in [-0.4, -0.2) is 26.2 Å². The Morgan fingerprint density at radius 1 is 1.35 bits per heavy atom. The highest BCUT2D eigenvalue weighted by Crippen LogP contribution is 2.08. The number of hydrogen-bond acceptors (Lipinski definition) is 3. The number of anilines is 1. The van der Waals surface area contributed by atoms with Gasteiger partial charge in [-0.3, -0.25) is 4.79 Å². The molecule has 1 aromatic carbocycles. The minimum atomic E-state index is 0.0810. The van der Waals surface area contributed by atoms with Gasteiger partial charge in [0.15, 0.2) is 0 Å². The second kappa shape index (κ2) is 7.68. The van der Waals surface area contributed by atoms with Gasteiger partial charge in [-0.2, -0.15) is 0 Å². The zero-order valence-corrected chi connectivity index (χ0v) is 10.2. The maximum Gasteiger partial charge on any atom is 0.220 e. The van der Waals surface area contributed by atoms with Crippen LogP contribution in [0.15, 0.2) is 24.3 Å². The highest BCUT2D eigenvalue weighted by Gasteiger charge is 2.00. The molecule has 0 heterocycles. The summed E-state index contributed by atoms with van der Waals surface area (Å²) >= 11 is 0. The van der Waals surface area contributed by atoms with E-state index < -0.39 is 0 Å². The van der Waals surface area contributed by atoms with Crippen LogP contribution in [0.25, 0.3) is 0 Å². The number of carbonyl (C=O) groups excluding carboxylic acids is 1. The van der Waals surface area contributed by atoms with Crippen LogP contribution in [0.2, 0.25) is 0 Å². The minimum Gasteiger partial charge on any atom is -0.399 e. The fourth-order valence-electron chi connectivity index (χ4n) is 1.52. The van der Waals surface area contributed by atoms with E-state index in [4.69, 9.17) is 10.5 Å². The Labute approximate surface area is 102 Å². The topological polar surface area (TPSA) is 64.3 Å². The number of nitrogens with one attached hydrogen (secondary N) is 1. The fraction of sp³-hybridized carbons (Fsp3) is 0.462. The Bertz CT molecular complexity index is 336. The summed E-state index contributed by atoms with van der Waals surface area (Å²) in [6.45, 7) is 1.14. The molecule has 0 spiro atoms. The third-order valence-electron chi connectivity index (χ3n) is 2.48. The number of rotatable bonds is 7. The van der Waals surface area contributed by atoms with Gasteiger partial charge in [0.05, 0.1) is 6.61 Å². The SMILES string of the molecule is COCCNC(=O)CCCc1ccc(N)cc1. The largest absolute Gasteiger partial charge is 0.399 e. The summed E-state index contributed by atoms with van der Waals surface area (Å²) in [4.78, 5) is 11.4. The number of ether oxygens (including phenoxy) is 1. The van der Waals surface area contributed by atoms with Crippen molar-refractivity contribution in [1.82, 2.24) is 5.32 Å². The van der Waals surface area contributed by atoms with E-state index >= 15 is 0 Å². The summed E-state index contributed by atoms with van der Waals surface area (Å²) in [6.07, 6.45) is 2.30. The molecule has 0 fully saturated rings. The van der Waals surface area contributed by atoms with Crippen molar-refractivity contribution < 1.29 is 9.53 Å². The standard InChI is InChI=1S/C13H20N2O2/c1-17-10-9-15-13(16)4-2-3-11-5-7-12(14)8-6-11/h5-8H,2-4,9-10,14H2,1H3,(H,15,16). The number of benzene rings is 1. The van der Waals surface area contributed by atoms with E-state index in [1.165, 1.54) is 5.56 Å². The first-order valence-corrected chi connectivity index (χ1v) is 5.82. The summed E-state index contributed by atoms with van der Waals surface area (Å²) < 4.78 is 4.85. The van der Waals surface area contributed by atoms with Crippen molar-refractivity contribution in [3.8, 4) is 0 Å². The first kappa shape index (κ1) is 13.5. The summed E-state index contributed by atoms with van der Waals surface area (Å²) in [5.41, 5.74) is 7.58. The van der Waals surface area contributed by atoms with Gasteiger partial charge in [-0.25, -0.2) is 0 Å². The fourth-order valence-corrected chi connectivity index (χ4v) is 1.52. The van der Waals surface area contributed by atoms with Gasteiger partial charge < -0.3 is 15.8 Å². The van der Waals surface area contributed by atoms with Crippen LogP contribution in [0.5, 0.6) is 0 Å². The normalized spacial score (nSPS) is 10.2. The van der Waals surface area contributed by atoms with Crippen LogP contribution in [0.1, 0.15) is 18.4 Å². The van der Waals surface area contributed by atoms with E-state index in [2.05, 4.69) is 5.32 Å². The van der Waals surface area contributed by atoms with Crippen molar-refractivity contribution in [2.45, 2.75) is 19.3 Å². The Balaban J connectivity index is 2.14. The van der Waals surface area contributed by atoms with E-state index in [9.17, 15) is 4.79 Å². The van der Waals surface area contributed by atoms with Gasteiger partial charge >= 0.3 is 0 Å². The van der Waals surface area contributed by atoms with Crippen LogP contribution < -0.4 is 11.1 Å². The first-order valence-electron chi connectivity index (χ1n) is 5.82. The smallest absolute Gasteiger partial charge is 0.220 e. The predicted molar refractivity (Wildman–Crippen MR) is 68.7 cm³/mol. The molecule has 0 aromatic heterocycles. The lowest BCUT2D eigenvalue weighted by Gasteiger charge is -2.04. The van der Waals surface area contributed by atoms with Gasteiger partial charge in [0.1, 0.15) is 0 Å². The lowest BCUT2D eigenvalue weighted by atomic mass is 10.1. The average Bonchev–Trinajstić information content (AvgIpc) is 2.32. The van der Waals surface area contributed by atoms with E-state index in [1.54, 1.807) is 7.11 Å². The molecule has 1 rings (SSSR count). The highest BCUT2D eigenvalue weighted by atomic mass is 16.5. The molecule has 0 aliphatic carbocycles. The van der Waals surface area contributed by atoms with Crippen LogP contribution in [-0.2, 0) is 16.0 Å². The van der Waals surface area contributed by atoms with Crippen LogP contribution in [0, 0.1) is 0 Å². The molecule has 0 radical (unpaired) electrons. The number of hydrogen-bond donors (Lipinski definition) is 2. The van der Waals surface area contributed by atoms with Gasteiger partial charge in [0.2, 0.25) is 5.91 Å². The van der Waals surface area contributed by atoms with Gasteiger partial charge in [0.25, 0.3) is 0 Å². The Morgan fingerprint density at radius 2 is 2.06 bits per heavy atom. The summed E-state index contributed by atoms with van der Waals surface area (Å²) in [5, 5.41) is 2.80. The molecule has 94 valence electrons. The minimum absolute atomic E-state index is 0.0810. The second-order valence-electron chi connectivity index (χ2n) is 3.94. The monoisotopic (exact) mass is 236 g/mol. The van der Waals surface area contributed by atoms with Crippen LogP contribution in [0.4, 0.5) is 5.69 Å². The molecule has 4 heteroatoms. The van der Waals surface area contributed by atoms with Gasteiger partial charge in [0, 0.05) is 25.8 Å². The number of amides is 1. The summed E-state index contributed by atoms with van der Waals surface area (Å²) in [7, 11) is 1.62. The molecular weight excluding hydrogens is 216 g/mol. The average molecular weight is 236 g/mol. The molecule has 17 heavy (non-hydrogen) atoms. The third kappa shape index (κ3) is 5.92. The van der Waals surface area contributed by atoms with E-state index in [0.29, 0.717) is 19.6 Å². The van der Waals surface area contributed by atoms with Crippen LogP contribution in [0.3, 0.4) is 0 Å². The number of aryl methyl sites for hydroxylation is 1. The van der Waals surface area contributed by atoms with Gasteiger partial charge in [-0.1, -0.05) is 12.1 Å². The predicted octanol–water partition coefficient (Wildman–Crippen LogP) is 1.35. The highest BCUT2D eigenvalue weighted by molar-refractivity contribution is 5.75. The number of carbonyl (C=O) groups is 1. The Morgan fingerprint density at radius 3 is 2.71 bits per heavy atom. The lowest BCUT2D eigenvalue weighted by molar-refractivity contribution is -0.121.